The molecule has 22 heavy (non-hydrogen) atoms. The number of benzene rings is 1. The number of nitrogens with one attached hydrogen (secondary N) is 2. The Morgan fingerprint density at radius 3 is 2.64 bits per heavy atom. The molecule has 1 aromatic carbocycles. The molecule has 2 N–H and O–H groups in total. The fourth-order valence-corrected chi connectivity index (χ4v) is 2.85. The Hall–Kier alpha value is -1.59. The van der Waals surface area contributed by atoms with Crippen LogP contribution in [-0.4, -0.2) is 42.4 Å². The van der Waals surface area contributed by atoms with Crippen LogP contribution in [0.1, 0.15) is 37.0 Å². The van der Waals surface area contributed by atoms with Gasteiger partial charge in [-0.2, -0.15) is 0 Å². The standard InChI is InChI=1S/C16H22ClN3O2/c1-3-20(4-2)16(22)12-8-7-11(10-13(12)17)19-15(21)14-6-5-9-18-14/h7-8,10,14,18H,3-6,9H2,1-2H3,(H,19,21). The number of carbonyl (C=O) groups excluding carboxylic acids is 2. The minimum Gasteiger partial charge on any atom is -0.339 e. The molecule has 0 radical (unpaired) electrons. The van der Waals surface area contributed by atoms with Gasteiger partial charge in [0.2, 0.25) is 5.91 Å². The van der Waals surface area contributed by atoms with Crippen LogP contribution in [0.3, 0.4) is 0 Å². The highest BCUT2D eigenvalue weighted by atomic mass is 35.5. The highest BCUT2D eigenvalue weighted by Crippen LogP contribution is 2.23. The van der Waals surface area contributed by atoms with Crippen molar-refractivity contribution in [3.05, 3.63) is 28.8 Å². The summed E-state index contributed by atoms with van der Waals surface area (Å²) in [7, 11) is 0. The van der Waals surface area contributed by atoms with Crippen molar-refractivity contribution >= 4 is 29.1 Å². The molecular weight excluding hydrogens is 302 g/mol. The highest BCUT2D eigenvalue weighted by Gasteiger charge is 2.22. The Bertz CT molecular complexity index is 552. The van der Waals surface area contributed by atoms with E-state index in [0.29, 0.717) is 29.4 Å². The quantitative estimate of drug-likeness (QED) is 0.875. The largest absolute Gasteiger partial charge is 0.339 e. The summed E-state index contributed by atoms with van der Waals surface area (Å²) in [4.78, 5) is 26.1. The number of hydrogen-bond acceptors (Lipinski definition) is 3. The van der Waals surface area contributed by atoms with E-state index in [9.17, 15) is 9.59 Å². The number of carbonyl (C=O) groups is 2. The normalized spacial score (nSPS) is 17.3. The maximum atomic E-state index is 12.3. The number of rotatable bonds is 5. The predicted molar refractivity (Wildman–Crippen MR) is 88.4 cm³/mol. The summed E-state index contributed by atoms with van der Waals surface area (Å²) in [5, 5.41) is 6.34. The maximum Gasteiger partial charge on any atom is 0.255 e. The minimum atomic E-state index is -0.143. The molecule has 1 aliphatic heterocycles. The minimum absolute atomic E-state index is 0.0589. The summed E-state index contributed by atoms with van der Waals surface area (Å²) < 4.78 is 0. The number of hydrogen-bond donors (Lipinski definition) is 2. The topological polar surface area (TPSA) is 61.4 Å². The van der Waals surface area contributed by atoms with Crippen LogP contribution in [0, 0.1) is 0 Å². The van der Waals surface area contributed by atoms with E-state index >= 15 is 0 Å². The summed E-state index contributed by atoms with van der Waals surface area (Å²) in [6, 6.07) is 4.87. The van der Waals surface area contributed by atoms with E-state index in [1.807, 2.05) is 13.8 Å². The van der Waals surface area contributed by atoms with Gasteiger partial charge in [-0.05, 0) is 51.4 Å². The average molecular weight is 324 g/mol. The lowest BCUT2D eigenvalue weighted by molar-refractivity contribution is -0.117. The average Bonchev–Trinajstić information content (AvgIpc) is 3.02. The predicted octanol–water partition coefficient (Wildman–Crippen LogP) is 2.51. The molecule has 1 heterocycles. The van der Waals surface area contributed by atoms with Crippen molar-refractivity contribution < 1.29 is 9.59 Å². The van der Waals surface area contributed by atoms with E-state index in [1.165, 1.54) is 0 Å². The Morgan fingerprint density at radius 2 is 2.09 bits per heavy atom. The van der Waals surface area contributed by atoms with Gasteiger partial charge in [-0.3, -0.25) is 9.59 Å². The van der Waals surface area contributed by atoms with Gasteiger partial charge >= 0.3 is 0 Å². The lowest BCUT2D eigenvalue weighted by atomic mass is 10.1. The molecule has 1 saturated heterocycles. The third-order valence-electron chi connectivity index (χ3n) is 3.89. The third-order valence-corrected chi connectivity index (χ3v) is 4.21. The van der Waals surface area contributed by atoms with Crippen molar-refractivity contribution in [2.45, 2.75) is 32.7 Å². The van der Waals surface area contributed by atoms with Gasteiger partial charge in [0.05, 0.1) is 16.6 Å². The van der Waals surface area contributed by atoms with Crippen molar-refractivity contribution in [3.63, 3.8) is 0 Å². The Labute approximate surface area is 136 Å². The Balaban J connectivity index is 2.08. The van der Waals surface area contributed by atoms with Crippen molar-refractivity contribution in [2.75, 3.05) is 25.0 Å². The first-order valence-electron chi connectivity index (χ1n) is 7.69. The molecule has 120 valence electrons. The van der Waals surface area contributed by atoms with E-state index < -0.39 is 0 Å². The van der Waals surface area contributed by atoms with Crippen LogP contribution >= 0.6 is 11.6 Å². The Kier molecular flexibility index (Phi) is 5.80. The summed E-state index contributed by atoms with van der Waals surface area (Å²) in [6.45, 7) is 6.00. The lowest BCUT2D eigenvalue weighted by Gasteiger charge is -2.19. The fraction of sp³-hybridized carbons (Fsp3) is 0.500. The van der Waals surface area contributed by atoms with Crippen LogP contribution in [-0.2, 0) is 4.79 Å². The first-order chi connectivity index (χ1) is 10.6. The summed E-state index contributed by atoms with van der Waals surface area (Å²) in [5.41, 5.74) is 1.07. The van der Waals surface area contributed by atoms with E-state index in [-0.39, 0.29) is 17.9 Å². The smallest absolute Gasteiger partial charge is 0.255 e. The Morgan fingerprint density at radius 1 is 1.36 bits per heavy atom. The van der Waals surface area contributed by atoms with Gasteiger partial charge in [-0.1, -0.05) is 11.6 Å². The van der Waals surface area contributed by atoms with Crippen LogP contribution < -0.4 is 10.6 Å². The van der Waals surface area contributed by atoms with Gasteiger partial charge in [0.1, 0.15) is 0 Å². The van der Waals surface area contributed by atoms with Crippen LogP contribution in [0.5, 0.6) is 0 Å². The van der Waals surface area contributed by atoms with Crippen molar-refractivity contribution in [3.8, 4) is 0 Å². The SMILES string of the molecule is CCN(CC)C(=O)c1ccc(NC(=O)C2CCCN2)cc1Cl. The molecule has 1 aromatic rings. The highest BCUT2D eigenvalue weighted by molar-refractivity contribution is 6.34. The van der Waals surface area contributed by atoms with Gasteiger partial charge in [0.25, 0.3) is 5.91 Å². The monoisotopic (exact) mass is 323 g/mol. The molecule has 1 aliphatic rings. The molecule has 2 amide bonds. The van der Waals surface area contributed by atoms with Gasteiger partial charge in [-0.25, -0.2) is 0 Å². The zero-order chi connectivity index (χ0) is 16.1. The first kappa shape index (κ1) is 16.8. The van der Waals surface area contributed by atoms with E-state index in [4.69, 9.17) is 11.6 Å². The second kappa shape index (κ2) is 7.61. The summed E-state index contributed by atoms with van der Waals surface area (Å²) in [6.07, 6.45) is 1.86. The van der Waals surface area contributed by atoms with Crippen LogP contribution in [0.4, 0.5) is 5.69 Å². The fourth-order valence-electron chi connectivity index (χ4n) is 2.59. The molecule has 0 saturated carbocycles. The van der Waals surface area contributed by atoms with Gasteiger partial charge < -0.3 is 15.5 Å². The van der Waals surface area contributed by atoms with E-state index in [2.05, 4.69) is 10.6 Å². The van der Waals surface area contributed by atoms with Gasteiger partial charge in [-0.15, -0.1) is 0 Å². The van der Waals surface area contributed by atoms with Crippen molar-refractivity contribution in [1.82, 2.24) is 10.2 Å². The zero-order valence-electron chi connectivity index (χ0n) is 13.0. The molecule has 0 aliphatic carbocycles. The van der Waals surface area contributed by atoms with E-state index in [0.717, 1.165) is 19.4 Å². The molecule has 1 fully saturated rings. The maximum absolute atomic E-state index is 12.3. The summed E-state index contributed by atoms with van der Waals surface area (Å²) in [5.74, 6) is -0.151. The van der Waals surface area contributed by atoms with Gasteiger partial charge in [0, 0.05) is 18.8 Å². The number of amides is 2. The van der Waals surface area contributed by atoms with Crippen LogP contribution in [0.2, 0.25) is 5.02 Å². The van der Waals surface area contributed by atoms with Crippen molar-refractivity contribution in [1.29, 1.82) is 0 Å². The first-order valence-corrected chi connectivity index (χ1v) is 8.07. The molecule has 6 heteroatoms. The molecule has 1 unspecified atom stereocenters. The van der Waals surface area contributed by atoms with Crippen molar-refractivity contribution in [2.24, 2.45) is 0 Å². The summed E-state index contributed by atoms with van der Waals surface area (Å²) >= 11 is 6.21. The zero-order valence-corrected chi connectivity index (χ0v) is 13.7. The lowest BCUT2D eigenvalue weighted by Crippen LogP contribution is -2.35. The third kappa shape index (κ3) is 3.78. The number of halogens is 1. The van der Waals surface area contributed by atoms with E-state index in [1.54, 1.807) is 23.1 Å². The second-order valence-electron chi connectivity index (χ2n) is 5.31. The molecule has 2 rings (SSSR count). The molecule has 1 atom stereocenters. The van der Waals surface area contributed by atoms with Crippen LogP contribution in [0.15, 0.2) is 18.2 Å². The molecule has 5 nitrogen and oxygen atoms in total. The van der Waals surface area contributed by atoms with Gasteiger partial charge in [0.15, 0.2) is 0 Å². The molecule has 0 aromatic heterocycles. The molecular formula is C16H22ClN3O2. The number of nitrogens with zero attached hydrogens (tertiary/aromatic N) is 1. The molecule has 0 bridgehead atoms. The second-order valence-corrected chi connectivity index (χ2v) is 5.72. The van der Waals surface area contributed by atoms with Crippen LogP contribution in [0.25, 0.3) is 0 Å². The molecule has 0 spiro atoms. The number of anilines is 1.